The molecule has 0 aromatic heterocycles. The van der Waals surface area contributed by atoms with Gasteiger partial charge in [-0.1, -0.05) is 30.3 Å². The van der Waals surface area contributed by atoms with E-state index in [1.54, 1.807) is 0 Å². The van der Waals surface area contributed by atoms with Crippen LogP contribution in [0.2, 0.25) is 0 Å². The Morgan fingerprint density at radius 3 is 2.75 bits per heavy atom. The van der Waals surface area contributed by atoms with Gasteiger partial charge in [0.05, 0.1) is 6.61 Å². The molecule has 2 rings (SSSR count). The summed E-state index contributed by atoms with van der Waals surface area (Å²) in [7, 11) is 0. The summed E-state index contributed by atoms with van der Waals surface area (Å²) in [6, 6.07) is 12.5. The first-order chi connectivity index (χ1) is 7.83. The molecule has 0 heterocycles. The van der Waals surface area contributed by atoms with Crippen LogP contribution in [0.4, 0.5) is 0 Å². The quantitative estimate of drug-likeness (QED) is 0.622. The molecule has 0 amide bonds. The van der Waals surface area contributed by atoms with Gasteiger partial charge in [-0.15, -0.1) is 0 Å². The van der Waals surface area contributed by atoms with Gasteiger partial charge in [0, 0.05) is 0 Å². The van der Waals surface area contributed by atoms with Crippen molar-refractivity contribution in [2.45, 2.75) is 13.3 Å². The van der Waals surface area contributed by atoms with Crippen LogP contribution >= 0.6 is 12.6 Å². The highest BCUT2D eigenvalue weighted by atomic mass is 32.1. The van der Waals surface area contributed by atoms with Gasteiger partial charge in [-0.3, -0.25) is 0 Å². The summed E-state index contributed by atoms with van der Waals surface area (Å²) in [6.45, 7) is 2.85. The Bertz CT molecular complexity index is 479. The van der Waals surface area contributed by atoms with Crippen LogP contribution in [-0.2, 0) is 0 Å². The van der Waals surface area contributed by atoms with Gasteiger partial charge in [0.25, 0.3) is 0 Å². The third-order valence-electron chi connectivity index (χ3n) is 2.71. The third kappa shape index (κ3) is 2.33. The predicted molar refractivity (Wildman–Crippen MR) is 72.7 cm³/mol. The van der Waals surface area contributed by atoms with E-state index in [9.17, 15) is 0 Å². The minimum absolute atomic E-state index is 0.739. The van der Waals surface area contributed by atoms with Gasteiger partial charge < -0.3 is 4.74 Å². The molecule has 84 valence electrons. The molecule has 2 aromatic carbocycles. The van der Waals surface area contributed by atoms with Crippen LogP contribution in [0.5, 0.6) is 5.75 Å². The summed E-state index contributed by atoms with van der Waals surface area (Å²) in [5.41, 5.74) is 1.22. The lowest BCUT2D eigenvalue weighted by Crippen LogP contribution is -1.99. The number of hydrogen-bond acceptors (Lipinski definition) is 2. The summed E-state index contributed by atoms with van der Waals surface area (Å²) in [6.07, 6.45) is 0.982. The Kier molecular flexibility index (Phi) is 3.73. The minimum atomic E-state index is 0.739. The average Bonchev–Trinajstić information content (AvgIpc) is 2.33. The number of ether oxygens (including phenoxy) is 1. The monoisotopic (exact) mass is 232 g/mol. The first-order valence-corrected chi connectivity index (χ1v) is 6.18. The van der Waals surface area contributed by atoms with Crippen LogP contribution in [0.3, 0.4) is 0 Å². The number of fused-ring (bicyclic) bond motifs is 1. The lowest BCUT2D eigenvalue weighted by molar-refractivity contribution is 0.317. The SMILES string of the molecule is Cc1c(OCCCS)ccc2ccccc12. The van der Waals surface area contributed by atoms with E-state index in [0.29, 0.717) is 0 Å². The molecular weight excluding hydrogens is 216 g/mol. The normalized spacial score (nSPS) is 10.6. The molecule has 0 radical (unpaired) electrons. The van der Waals surface area contributed by atoms with Crippen molar-refractivity contribution in [1.82, 2.24) is 0 Å². The van der Waals surface area contributed by atoms with Crippen LogP contribution < -0.4 is 4.74 Å². The Hall–Kier alpha value is -1.15. The van der Waals surface area contributed by atoms with E-state index < -0.39 is 0 Å². The fraction of sp³-hybridized carbons (Fsp3) is 0.286. The molecule has 0 bridgehead atoms. The van der Waals surface area contributed by atoms with E-state index >= 15 is 0 Å². The van der Waals surface area contributed by atoms with E-state index in [2.05, 4.69) is 56.0 Å². The highest BCUT2D eigenvalue weighted by Crippen LogP contribution is 2.26. The summed E-state index contributed by atoms with van der Waals surface area (Å²) in [4.78, 5) is 0. The van der Waals surface area contributed by atoms with Gasteiger partial charge in [0.1, 0.15) is 5.75 Å². The second-order valence-corrected chi connectivity index (χ2v) is 4.28. The fourth-order valence-electron chi connectivity index (χ4n) is 1.81. The van der Waals surface area contributed by atoms with E-state index in [1.165, 1.54) is 16.3 Å². The average molecular weight is 232 g/mol. The lowest BCUT2D eigenvalue weighted by Gasteiger charge is -2.10. The molecule has 0 saturated heterocycles. The number of hydrogen-bond donors (Lipinski definition) is 1. The molecule has 16 heavy (non-hydrogen) atoms. The predicted octanol–water partition coefficient (Wildman–Crippen LogP) is 3.85. The Morgan fingerprint density at radius 2 is 1.94 bits per heavy atom. The second kappa shape index (κ2) is 5.26. The highest BCUT2D eigenvalue weighted by Gasteiger charge is 2.03. The van der Waals surface area contributed by atoms with Gasteiger partial charge in [-0.05, 0) is 41.5 Å². The van der Waals surface area contributed by atoms with E-state index in [1.807, 2.05) is 0 Å². The van der Waals surface area contributed by atoms with Gasteiger partial charge in [-0.25, -0.2) is 0 Å². The van der Waals surface area contributed by atoms with Gasteiger partial charge in [0.15, 0.2) is 0 Å². The first kappa shape index (κ1) is 11.3. The van der Waals surface area contributed by atoms with E-state index in [4.69, 9.17) is 4.74 Å². The largest absolute Gasteiger partial charge is 0.493 e. The Labute approximate surface area is 102 Å². The molecule has 0 aliphatic heterocycles. The zero-order chi connectivity index (χ0) is 11.4. The number of thiol groups is 1. The molecule has 0 unspecified atom stereocenters. The number of rotatable bonds is 4. The molecule has 2 heteroatoms. The molecule has 0 N–H and O–H groups in total. The maximum Gasteiger partial charge on any atom is 0.122 e. The number of aryl methyl sites for hydroxylation is 1. The summed E-state index contributed by atoms with van der Waals surface area (Å²) >= 11 is 4.17. The first-order valence-electron chi connectivity index (χ1n) is 5.55. The van der Waals surface area contributed by atoms with Crippen molar-refractivity contribution in [3.05, 3.63) is 42.0 Å². The van der Waals surface area contributed by atoms with Gasteiger partial charge in [0.2, 0.25) is 0 Å². The molecule has 0 saturated carbocycles. The molecule has 0 atom stereocenters. The fourth-order valence-corrected chi connectivity index (χ4v) is 1.94. The van der Waals surface area contributed by atoms with E-state index in [0.717, 1.165) is 24.5 Å². The summed E-state index contributed by atoms with van der Waals surface area (Å²) < 4.78 is 5.74. The number of benzene rings is 2. The van der Waals surface area contributed by atoms with Gasteiger partial charge in [-0.2, -0.15) is 12.6 Å². The topological polar surface area (TPSA) is 9.23 Å². The molecule has 0 fully saturated rings. The van der Waals surface area contributed by atoms with Crippen LogP contribution in [0.25, 0.3) is 10.8 Å². The van der Waals surface area contributed by atoms with Crippen molar-refractivity contribution < 1.29 is 4.74 Å². The van der Waals surface area contributed by atoms with Crippen molar-refractivity contribution >= 4 is 23.4 Å². The van der Waals surface area contributed by atoms with Crippen molar-refractivity contribution in [3.8, 4) is 5.75 Å². The standard InChI is InChI=1S/C14H16OS/c1-11-13-6-3-2-5-12(13)7-8-14(11)15-9-4-10-16/h2-3,5-8,16H,4,9-10H2,1H3. The second-order valence-electron chi connectivity index (χ2n) is 3.84. The zero-order valence-electron chi connectivity index (χ0n) is 9.44. The van der Waals surface area contributed by atoms with Crippen LogP contribution in [0.15, 0.2) is 36.4 Å². The highest BCUT2D eigenvalue weighted by molar-refractivity contribution is 7.80. The van der Waals surface area contributed by atoms with Crippen molar-refractivity contribution in [1.29, 1.82) is 0 Å². The van der Waals surface area contributed by atoms with Crippen LogP contribution in [-0.4, -0.2) is 12.4 Å². The lowest BCUT2D eigenvalue weighted by atomic mass is 10.0. The smallest absolute Gasteiger partial charge is 0.122 e. The zero-order valence-corrected chi connectivity index (χ0v) is 10.3. The van der Waals surface area contributed by atoms with Crippen molar-refractivity contribution in [2.24, 2.45) is 0 Å². The minimum Gasteiger partial charge on any atom is -0.493 e. The molecule has 0 spiro atoms. The molecule has 0 aliphatic carbocycles. The van der Waals surface area contributed by atoms with Crippen molar-refractivity contribution in [3.63, 3.8) is 0 Å². The summed E-state index contributed by atoms with van der Waals surface area (Å²) in [5, 5.41) is 2.53. The molecule has 0 aliphatic rings. The molecular formula is C14H16OS. The molecule has 1 nitrogen and oxygen atoms in total. The van der Waals surface area contributed by atoms with E-state index in [-0.39, 0.29) is 0 Å². The van der Waals surface area contributed by atoms with Crippen molar-refractivity contribution in [2.75, 3.05) is 12.4 Å². The van der Waals surface area contributed by atoms with Crippen LogP contribution in [0.1, 0.15) is 12.0 Å². The Morgan fingerprint density at radius 1 is 1.12 bits per heavy atom. The summed E-state index contributed by atoms with van der Waals surface area (Å²) in [5.74, 6) is 1.85. The molecule has 2 aromatic rings. The third-order valence-corrected chi connectivity index (χ3v) is 3.02. The van der Waals surface area contributed by atoms with Crippen LogP contribution in [0, 0.1) is 6.92 Å². The maximum absolute atomic E-state index is 5.74. The van der Waals surface area contributed by atoms with Gasteiger partial charge >= 0.3 is 0 Å². The maximum atomic E-state index is 5.74. The Balaban J connectivity index is 2.29.